The number of benzene rings is 1. The fraction of sp³-hybridized carbons (Fsp3) is 0.500. The Kier molecular flexibility index (Phi) is 5.44. The van der Waals surface area contributed by atoms with Crippen molar-refractivity contribution in [2.45, 2.75) is 31.7 Å². The molecule has 1 N–H and O–H groups in total. The van der Waals surface area contributed by atoms with E-state index in [4.69, 9.17) is 16.3 Å². The predicted octanol–water partition coefficient (Wildman–Crippen LogP) is 3.77. The highest BCUT2D eigenvalue weighted by molar-refractivity contribution is 6.31. The van der Waals surface area contributed by atoms with Crippen LogP contribution in [-0.2, 0) is 4.74 Å². The quantitative estimate of drug-likeness (QED) is 0.606. The van der Waals surface area contributed by atoms with Gasteiger partial charge in [-0.25, -0.2) is 0 Å². The van der Waals surface area contributed by atoms with E-state index in [1.165, 1.54) is 18.4 Å². The molecule has 3 heteroatoms. The highest BCUT2D eigenvalue weighted by Gasteiger charge is 2.30. The SMILES string of the molecule is C=C(C)COCCNC1CC(c2ccccc2Cl)C1. The van der Waals surface area contributed by atoms with Crippen molar-refractivity contribution in [3.8, 4) is 0 Å². The van der Waals surface area contributed by atoms with Crippen molar-refractivity contribution in [1.82, 2.24) is 5.32 Å². The Morgan fingerprint density at radius 3 is 2.84 bits per heavy atom. The lowest BCUT2D eigenvalue weighted by atomic mass is 9.76. The Morgan fingerprint density at radius 2 is 2.16 bits per heavy atom. The van der Waals surface area contributed by atoms with Crippen LogP contribution in [0.1, 0.15) is 31.2 Å². The summed E-state index contributed by atoms with van der Waals surface area (Å²) in [6.45, 7) is 8.11. The average molecular weight is 280 g/mol. The van der Waals surface area contributed by atoms with Crippen molar-refractivity contribution in [3.05, 3.63) is 47.0 Å². The lowest BCUT2D eigenvalue weighted by Crippen LogP contribution is -2.41. The molecular weight excluding hydrogens is 258 g/mol. The number of nitrogens with one attached hydrogen (secondary N) is 1. The minimum Gasteiger partial charge on any atom is -0.376 e. The molecule has 0 saturated heterocycles. The average Bonchev–Trinajstić information content (AvgIpc) is 2.32. The number of halogens is 1. The van der Waals surface area contributed by atoms with Gasteiger partial charge in [0, 0.05) is 17.6 Å². The van der Waals surface area contributed by atoms with Crippen LogP contribution in [0.3, 0.4) is 0 Å². The third kappa shape index (κ3) is 4.34. The molecule has 19 heavy (non-hydrogen) atoms. The van der Waals surface area contributed by atoms with Crippen molar-refractivity contribution in [2.75, 3.05) is 19.8 Å². The molecule has 1 fully saturated rings. The molecule has 0 radical (unpaired) electrons. The zero-order chi connectivity index (χ0) is 13.7. The van der Waals surface area contributed by atoms with Crippen LogP contribution in [0.4, 0.5) is 0 Å². The van der Waals surface area contributed by atoms with E-state index in [9.17, 15) is 0 Å². The van der Waals surface area contributed by atoms with Crippen molar-refractivity contribution in [3.63, 3.8) is 0 Å². The molecule has 1 aromatic rings. The maximum absolute atomic E-state index is 6.21. The second-order valence-electron chi connectivity index (χ2n) is 5.35. The third-order valence-electron chi connectivity index (χ3n) is 3.51. The molecule has 0 atom stereocenters. The van der Waals surface area contributed by atoms with Gasteiger partial charge in [-0.15, -0.1) is 0 Å². The number of ether oxygens (including phenoxy) is 1. The first-order valence-corrected chi connectivity index (χ1v) is 7.24. The summed E-state index contributed by atoms with van der Waals surface area (Å²) >= 11 is 6.21. The van der Waals surface area contributed by atoms with E-state index in [-0.39, 0.29) is 0 Å². The minimum absolute atomic E-state index is 0.606. The molecule has 0 aromatic heterocycles. The van der Waals surface area contributed by atoms with E-state index in [0.717, 1.165) is 23.7 Å². The molecule has 1 aliphatic carbocycles. The Balaban J connectivity index is 1.62. The van der Waals surface area contributed by atoms with Crippen LogP contribution in [0.15, 0.2) is 36.4 Å². The van der Waals surface area contributed by atoms with E-state index in [1.54, 1.807) is 0 Å². The Bertz CT molecular complexity index is 427. The summed E-state index contributed by atoms with van der Waals surface area (Å²) in [6, 6.07) is 8.77. The van der Waals surface area contributed by atoms with E-state index >= 15 is 0 Å². The molecule has 104 valence electrons. The summed E-state index contributed by atoms with van der Waals surface area (Å²) in [4.78, 5) is 0. The van der Waals surface area contributed by atoms with Crippen LogP contribution in [-0.4, -0.2) is 25.8 Å². The van der Waals surface area contributed by atoms with Gasteiger partial charge in [0.25, 0.3) is 0 Å². The first-order valence-electron chi connectivity index (χ1n) is 6.86. The summed E-state index contributed by atoms with van der Waals surface area (Å²) in [5, 5.41) is 4.41. The van der Waals surface area contributed by atoms with Gasteiger partial charge in [-0.05, 0) is 37.3 Å². The third-order valence-corrected chi connectivity index (χ3v) is 3.86. The van der Waals surface area contributed by atoms with Crippen molar-refractivity contribution in [2.24, 2.45) is 0 Å². The molecule has 1 aliphatic rings. The molecule has 2 nitrogen and oxygen atoms in total. The topological polar surface area (TPSA) is 21.3 Å². The smallest absolute Gasteiger partial charge is 0.0672 e. The molecule has 2 rings (SSSR count). The summed E-state index contributed by atoms with van der Waals surface area (Å²) in [5.74, 6) is 0.613. The van der Waals surface area contributed by atoms with Gasteiger partial charge in [0.2, 0.25) is 0 Å². The van der Waals surface area contributed by atoms with Crippen LogP contribution in [0.2, 0.25) is 5.02 Å². The molecule has 0 bridgehead atoms. The van der Waals surface area contributed by atoms with Crippen LogP contribution in [0.25, 0.3) is 0 Å². The molecule has 0 aliphatic heterocycles. The molecular formula is C16H22ClNO. The predicted molar refractivity (Wildman–Crippen MR) is 80.9 cm³/mol. The second-order valence-corrected chi connectivity index (χ2v) is 5.76. The Morgan fingerprint density at radius 1 is 1.42 bits per heavy atom. The van der Waals surface area contributed by atoms with Crippen LogP contribution in [0.5, 0.6) is 0 Å². The van der Waals surface area contributed by atoms with Gasteiger partial charge in [0.15, 0.2) is 0 Å². The van der Waals surface area contributed by atoms with E-state index in [2.05, 4.69) is 24.0 Å². The largest absolute Gasteiger partial charge is 0.376 e. The molecule has 0 heterocycles. The zero-order valence-corrected chi connectivity index (χ0v) is 12.2. The van der Waals surface area contributed by atoms with Crippen LogP contribution in [0, 0.1) is 0 Å². The molecule has 0 amide bonds. The summed E-state index contributed by atoms with van der Waals surface area (Å²) in [6.07, 6.45) is 2.34. The number of hydrogen-bond acceptors (Lipinski definition) is 2. The van der Waals surface area contributed by atoms with E-state index < -0.39 is 0 Å². The Hall–Kier alpha value is -0.830. The van der Waals surface area contributed by atoms with Crippen molar-refractivity contribution < 1.29 is 4.74 Å². The minimum atomic E-state index is 0.606. The number of rotatable bonds is 7. The summed E-state index contributed by atoms with van der Waals surface area (Å²) < 4.78 is 5.46. The Labute approximate surface area is 120 Å². The maximum Gasteiger partial charge on any atom is 0.0672 e. The molecule has 1 aromatic carbocycles. The summed E-state index contributed by atoms with van der Waals surface area (Å²) in [5.41, 5.74) is 2.36. The highest BCUT2D eigenvalue weighted by atomic mass is 35.5. The van der Waals surface area contributed by atoms with Gasteiger partial charge in [-0.3, -0.25) is 0 Å². The first kappa shape index (κ1) is 14.6. The maximum atomic E-state index is 6.21. The lowest BCUT2D eigenvalue weighted by molar-refractivity contribution is 0.148. The number of hydrogen-bond donors (Lipinski definition) is 1. The summed E-state index contributed by atoms with van der Waals surface area (Å²) in [7, 11) is 0. The standard InChI is InChI=1S/C16H22ClNO/c1-12(2)11-19-8-7-18-14-9-13(10-14)15-5-3-4-6-16(15)17/h3-6,13-14,18H,1,7-11H2,2H3. The van der Waals surface area contributed by atoms with Gasteiger partial charge >= 0.3 is 0 Å². The molecule has 1 saturated carbocycles. The van der Waals surface area contributed by atoms with Gasteiger partial charge < -0.3 is 10.1 Å². The second kappa shape index (κ2) is 7.09. The van der Waals surface area contributed by atoms with Crippen LogP contribution >= 0.6 is 11.6 Å². The van der Waals surface area contributed by atoms with Crippen LogP contribution < -0.4 is 5.32 Å². The van der Waals surface area contributed by atoms with Gasteiger partial charge in [-0.2, -0.15) is 0 Å². The van der Waals surface area contributed by atoms with Gasteiger partial charge in [-0.1, -0.05) is 42.0 Å². The highest BCUT2D eigenvalue weighted by Crippen LogP contribution is 2.39. The van der Waals surface area contributed by atoms with Crippen molar-refractivity contribution in [1.29, 1.82) is 0 Å². The lowest BCUT2D eigenvalue weighted by Gasteiger charge is -2.36. The fourth-order valence-electron chi connectivity index (χ4n) is 2.43. The van der Waals surface area contributed by atoms with E-state index in [0.29, 0.717) is 18.6 Å². The van der Waals surface area contributed by atoms with E-state index in [1.807, 2.05) is 19.1 Å². The van der Waals surface area contributed by atoms with Crippen molar-refractivity contribution >= 4 is 11.6 Å². The monoisotopic (exact) mass is 279 g/mol. The van der Waals surface area contributed by atoms with Gasteiger partial charge in [0.05, 0.1) is 13.2 Å². The fourth-order valence-corrected chi connectivity index (χ4v) is 2.72. The van der Waals surface area contributed by atoms with Gasteiger partial charge in [0.1, 0.15) is 0 Å². The molecule has 0 unspecified atom stereocenters. The molecule has 0 spiro atoms. The normalized spacial score (nSPS) is 22.0. The first-order chi connectivity index (χ1) is 9.16. The zero-order valence-electron chi connectivity index (χ0n) is 11.5.